The highest BCUT2D eigenvalue weighted by Gasteiger charge is 2.25. The summed E-state index contributed by atoms with van der Waals surface area (Å²) in [5, 5.41) is 20.6. The fourth-order valence-electron chi connectivity index (χ4n) is 1.02. The number of carbonyl (C=O) groups excluding carboxylic acids is 1. The van der Waals surface area contributed by atoms with Crippen molar-refractivity contribution in [2.45, 2.75) is 12.5 Å². The molecule has 0 saturated heterocycles. The maximum Gasteiger partial charge on any atom is 0.252 e. The van der Waals surface area contributed by atoms with Gasteiger partial charge < -0.3 is 15.5 Å². The summed E-state index contributed by atoms with van der Waals surface area (Å²) in [6, 6.07) is 3.11. The first kappa shape index (κ1) is 13.1. The highest BCUT2D eigenvalue weighted by molar-refractivity contribution is 9.10. The molecule has 1 amide bonds. The number of hydrogen-bond donors (Lipinski definition) is 3. The number of aliphatic hydroxyl groups excluding tert-OH is 2. The summed E-state index contributed by atoms with van der Waals surface area (Å²) >= 11 is 3.15. The molecule has 0 unspecified atom stereocenters. The second-order valence-electron chi connectivity index (χ2n) is 3.70. The van der Waals surface area contributed by atoms with E-state index < -0.39 is 5.54 Å². The Bertz CT molecular complexity index is 380. The lowest BCUT2D eigenvalue weighted by Gasteiger charge is -2.26. The third kappa shape index (κ3) is 3.26. The fourth-order valence-corrected chi connectivity index (χ4v) is 1.38. The van der Waals surface area contributed by atoms with Crippen LogP contribution in [0.15, 0.2) is 22.9 Å². The summed E-state index contributed by atoms with van der Waals surface area (Å²) in [6.45, 7) is 0.893. The Morgan fingerprint density at radius 3 is 2.69 bits per heavy atom. The number of nitrogens with zero attached hydrogens (tertiary/aromatic N) is 1. The lowest BCUT2D eigenvalue weighted by atomic mass is 10.0. The van der Waals surface area contributed by atoms with Gasteiger partial charge in [0.1, 0.15) is 4.60 Å². The second-order valence-corrected chi connectivity index (χ2v) is 4.51. The number of hydrogen-bond acceptors (Lipinski definition) is 4. The Morgan fingerprint density at radius 2 is 2.19 bits per heavy atom. The monoisotopic (exact) mass is 288 g/mol. The Hall–Kier alpha value is -0.980. The van der Waals surface area contributed by atoms with E-state index in [0.29, 0.717) is 10.2 Å². The molecule has 16 heavy (non-hydrogen) atoms. The summed E-state index contributed by atoms with van der Waals surface area (Å²) in [5.41, 5.74) is -0.609. The number of nitrogens with one attached hydrogen (secondary N) is 1. The van der Waals surface area contributed by atoms with E-state index in [0.717, 1.165) is 0 Å². The molecule has 0 aliphatic heterocycles. The van der Waals surface area contributed by atoms with Gasteiger partial charge in [-0.25, -0.2) is 4.98 Å². The SMILES string of the molecule is CC(CO)(CO)NC(=O)c1ccnc(Br)c1. The summed E-state index contributed by atoms with van der Waals surface area (Å²) in [7, 11) is 0. The van der Waals surface area contributed by atoms with Gasteiger partial charge >= 0.3 is 0 Å². The van der Waals surface area contributed by atoms with E-state index in [1.807, 2.05) is 0 Å². The molecule has 1 heterocycles. The fraction of sp³-hybridized carbons (Fsp3) is 0.400. The van der Waals surface area contributed by atoms with Crippen LogP contribution in [0.25, 0.3) is 0 Å². The third-order valence-corrected chi connectivity index (χ3v) is 2.54. The predicted molar refractivity (Wildman–Crippen MR) is 62.0 cm³/mol. The van der Waals surface area contributed by atoms with Crippen molar-refractivity contribution in [3.63, 3.8) is 0 Å². The van der Waals surface area contributed by atoms with Crippen LogP contribution in [0.4, 0.5) is 0 Å². The van der Waals surface area contributed by atoms with Crippen molar-refractivity contribution < 1.29 is 15.0 Å². The lowest BCUT2D eigenvalue weighted by Crippen LogP contribution is -2.51. The van der Waals surface area contributed by atoms with E-state index in [-0.39, 0.29) is 19.1 Å². The van der Waals surface area contributed by atoms with E-state index in [4.69, 9.17) is 10.2 Å². The van der Waals surface area contributed by atoms with Gasteiger partial charge in [-0.1, -0.05) is 0 Å². The first-order valence-electron chi connectivity index (χ1n) is 4.66. The number of amides is 1. The van der Waals surface area contributed by atoms with Gasteiger partial charge in [0.25, 0.3) is 5.91 Å². The molecule has 0 spiro atoms. The molecule has 0 bridgehead atoms. The molecule has 0 aliphatic carbocycles. The van der Waals surface area contributed by atoms with Gasteiger partial charge in [0, 0.05) is 11.8 Å². The minimum atomic E-state index is -1.02. The molecule has 3 N–H and O–H groups in total. The van der Waals surface area contributed by atoms with Crippen LogP contribution < -0.4 is 5.32 Å². The van der Waals surface area contributed by atoms with Crippen LogP contribution in [-0.4, -0.2) is 39.9 Å². The van der Waals surface area contributed by atoms with Crippen LogP contribution in [0.1, 0.15) is 17.3 Å². The number of halogens is 1. The van der Waals surface area contributed by atoms with E-state index in [1.54, 1.807) is 19.1 Å². The number of rotatable bonds is 4. The summed E-state index contributed by atoms with van der Waals surface area (Å²) in [4.78, 5) is 15.6. The standard InChI is InChI=1S/C10H13BrN2O3/c1-10(5-14,6-15)13-9(16)7-2-3-12-8(11)4-7/h2-4,14-15H,5-6H2,1H3,(H,13,16). The van der Waals surface area contributed by atoms with Gasteiger partial charge in [0.05, 0.1) is 18.8 Å². The van der Waals surface area contributed by atoms with E-state index in [2.05, 4.69) is 26.2 Å². The van der Waals surface area contributed by atoms with Crippen LogP contribution in [0, 0.1) is 0 Å². The molecule has 1 aromatic heterocycles. The molecule has 88 valence electrons. The lowest BCUT2D eigenvalue weighted by molar-refractivity contribution is 0.0723. The van der Waals surface area contributed by atoms with Crippen molar-refractivity contribution in [1.82, 2.24) is 10.3 Å². The molecule has 0 saturated carbocycles. The first-order chi connectivity index (χ1) is 7.50. The Balaban J connectivity index is 2.80. The molecule has 6 heteroatoms. The number of aliphatic hydroxyl groups is 2. The van der Waals surface area contributed by atoms with Crippen molar-refractivity contribution in [3.05, 3.63) is 28.5 Å². The highest BCUT2D eigenvalue weighted by Crippen LogP contribution is 2.09. The zero-order valence-corrected chi connectivity index (χ0v) is 10.4. The molecule has 0 aromatic carbocycles. The van der Waals surface area contributed by atoms with Crippen LogP contribution in [0.5, 0.6) is 0 Å². The van der Waals surface area contributed by atoms with Crippen LogP contribution in [0.2, 0.25) is 0 Å². The number of aromatic nitrogens is 1. The number of carbonyl (C=O) groups is 1. The smallest absolute Gasteiger partial charge is 0.252 e. The van der Waals surface area contributed by atoms with Crippen LogP contribution in [0.3, 0.4) is 0 Å². The summed E-state index contributed by atoms with van der Waals surface area (Å²) in [6.07, 6.45) is 1.49. The van der Waals surface area contributed by atoms with Gasteiger partial charge in [-0.2, -0.15) is 0 Å². The molecule has 5 nitrogen and oxygen atoms in total. The summed E-state index contributed by atoms with van der Waals surface area (Å²) in [5.74, 6) is -0.367. The van der Waals surface area contributed by atoms with Gasteiger partial charge in [-0.3, -0.25) is 4.79 Å². The van der Waals surface area contributed by atoms with Crippen molar-refractivity contribution >= 4 is 21.8 Å². The molecule has 0 fully saturated rings. The maximum absolute atomic E-state index is 11.7. The molecule has 0 aliphatic rings. The molecule has 0 radical (unpaired) electrons. The van der Waals surface area contributed by atoms with Gasteiger partial charge in [0.2, 0.25) is 0 Å². The Kier molecular flexibility index (Phi) is 4.40. The van der Waals surface area contributed by atoms with Crippen molar-refractivity contribution in [3.8, 4) is 0 Å². The molecule has 1 aromatic rings. The van der Waals surface area contributed by atoms with Crippen molar-refractivity contribution in [2.75, 3.05) is 13.2 Å². The van der Waals surface area contributed by atoms with E-state index in [9.17, 15) is 4.79 Å². The largest absolute Gasteiger partial charge is 0.394 e. The van der Waals surface area contributed by atoms with E-state index >= 15 is 0 Å². The van der Waals surface area contributed by atoms with Crippen molar-refractivity contribution in [1.29, 1.82) is 0 Å². The Morgan fingerprint density at radius 1 is 1.56 bits per heavy atom. The van der Waals surface area contributed by atoms with Crippen LogP contribution in [-0.2, 0) is 0 Å². The molecule has 0 atom stereocenters. The second kappa shape index (κ2) is 5.38. The maximum atomic E-state index is 11.7. The zero-order chi connectivity index (χ0) is 12.2. The third-order valence-electron chi connectivity index (χ3n) is 2.10. The zero-order valence-electron chi connectivity index (χ0n) is 8.77. The quantitative estimate of drug-likeness (QED) is 0.697. The molecular formula is C10H13BrN2O3. The first-order valence-corrected chi connectivity index (χ1v) is 5.46. The minimum absolute atomic E-state index is 0.332. The highest BCUT2D eigenvalue weighted by atomic mass is 79.9. The van der Waals surface area contributed by atoms with Gasteiger partial charge in [-0.15, -0.1) is 0 Å². The average molecular weight is 289 g/mol. The molecular weight excluding hydrogens is 276 g/mol. The summed E-state index contributed by atoms with van der Waals surface area (Å²) < 4.78 is 0.551. The van der Waals surface area contributed by atoms with Gasteiger partial charge in [0.15, 0.2) is 0 Å². The average Bonchev–Trinajstić information content (AvgIpc) is 2.29. The van der Waals surface area contributed by atoms with E-state index in [1.165, 1.54) is 6.20 Å². The molecule has 1 rings (SSSR count). The Labute approximate surface area is 102 Å². The van der Waals surface area contributed by atoms with Crippen molar-refractivity contribution in [2.24, 2.45) is 0 Å². The normalized spacial score (nSPS) is 11.2. The number of pyridine rings is 1. The van der Waals surface area contributed by atoms with Gasteiger partial charge in [-0.05, 0) is 35.0 Å². The minimum Gasteiger partial charge on any atom is -0.394 e. The predicted octanol–water partition coefficient (Wildman–Crippen LogP) is 0.317. The van der Waals surface area contributed by atoms with Crippen LogP contribution >= 0.6 is 15.9 Å². The topological polar surface area (TPSA) is 82.5 Å².